The topological polar surface area (TPSA) is 105 Å². The van der Waals surface area contributed by atoms with Gasteiger partial charge in [-0.05, 0) is 19.2 Å². The fourth-order valence-corrected chi connectivity index (χ4v) is 3.20. The zero-order valence-electron chi connectivity index (χ0n) is 11.2. The van der Waals surface area contributed by atoms with Crippen LogP contribution in [0.25, 0.3) is 0 Å². The van der Waals surface area contributed by atoms with E-state index in [1.54, 1.807) is 25.2 Å². The average Bonchev–Trinajstić information content (AvgIpc) is 3.06. The molecule has 0 radical (unpaired) electrons. The van der Waals surface area contributed by atoms with Crippen LogP contribution >= 0.6 is 0 Å². The first-order chi connectivity index (χ1) is 10.1. The minimum absolute atomic E-state index is 0.0366. The SMILES string of the molecule is CNCc1cn[nH]c1S(=O)(=O)Nc1ccc2c(c1)OCO2. The third kappa shape index (κ3) is 2.65. The highest BCUT2D eigenvalue weighted by Gasteiger charge is 2.22. The van der Waals surface area contributed by atoms with Crippen molar-refractivity contribution in [2.24, 2.45) is 0 Å². The summed E-state index contributed by atoms with van der Waals surface area (Å²) in [6.07, 6.45) is 1.48. The summed E-state index contributed by atoms with van der Waals surface area (Å²) in [5, 5.41) is 9.21. The largest absolute Gasteiger partial charge is 0.454 e. The highest BCUT2D eigenvalue weighted by atomic mass is 32.2. The maximum Gasteiger partial charge on any atom is 0.279 e. The first kappa shape index (κ1) is 13.7. The molecular weight excluding hydrogens is 296 g/mol. The second-order valence-corrected chi connectivity index (χ2v) is 6.05. The quantitative estimate of drug-likeness (QED) is 0.749. The third-order valence-corrected chi connectivity index (χ3v) is 4.33. The highest BCUT2D eigenvalue weighted by Crippen LogP contribution is 2.34. The van der Waals surface area contributed by atoms with Crippen LogP contribution in [0.4, 0.5) is 5.69 Å². The highest BCUT2D eigenvalue weighted by molar-refractivity contribution is 7.92. The van der Waals surface area contributed by atoms with Crippen LogP contribution in [0.1, 0.15) is 5.56 Å². The monoisotopic (exact) mass is 310 g/mol. The Hall–Kier alpha value is -2.26. The molecule has 0 unspecified atom stereocenters. The Morgan fingerprint density at radius 2 is 2.14 bits per heavy atom. The lowest BCUT2D eigenvalue weighted by atomic mass is 10.3. The average molecular weight is 310 g/mol. The zero-order valence-corrected chi connectivity index (χ0v) is 12.0. The van der Waals surface area contributed by atoms with E-state index in [1.807, 2.05) is 0 Å². The molecule has 0 saturated heterocycles. The van der Waals surface area contributed by atoms with Crippen LogP contribution in [0.2, 0.25) is 0 Å². The van der Waals surface area contributed by atoms with E-state index in [4.69, 9.17) is 9.47 Å². The maximum atomic E-state index is 12.4. The number of H-pyrrole nitrogens is 1. The molecule has 0 bridgehead atoms. The molecule has 2 aromatic rings. The van der Waals surface area contributed by atoms with Crippen LogP contribution in [0.3, 0.4) is 0 Å². The molecule has 112 valence electrons. The second kappa shape index (κ2) is 5.26. The van der Waals surface area contributed by atoms with Gasteiger partial charge in [-0.3, -0.25) is 9.82 Å². The van der Waals surface area contributed by atoms with Crippen LogP contribution in [0.5, 0.6) is 11.5 Å². The predicted octanol–water partition coefficient (Wildman–Crippen LogP) is 0.659. The molecule has 21 heavy (non-hydrogen) atoms. The molecule has 3 N–H and O–H groups in total. The van der Waals surface area contributed by atoms with E-state index >= 15 is 0 Å². The summed E-state index contributed by atoms with van der Waals surface area (Å²) in [6, 6.07) is 4.84. The van der Waals surface area contributed by atoms with E-state index in [0.717, 1.165) is 0 Å². The molecule has 0 saturated carbocycles. The molecule has 1 aromatic heterocycles. The Balaban J connectivity index is 1.87. The van der Waals surface area contributed by atoms with Gasteiger partial charge in [0.25, 0.3) is 10.0 Å². The van der Waals surface area contributed by atoms with Crippen molar-refractivity contribution < 1.29 is 17.9 Å². The molecule has 9 heteroatoms. The summed E-state index contributed by atoms with van der Waals surface area (Å²) < 4.78 is 37.6. The lowest BCUT2D eigenvalue weighted by Crippen LogP contribution is -2.17. The van der Waals surface area contributed by atoms with Gasteiger partial charge < -0.3 is 14.8 Å². The van der Waals surface area contributed by atoms with E-state index in [9.17, 15) is 8.42 Å². The van der Waals surface area contributed by atoms with Crippen LogP contribution in [-0.4, -0.2) is 32.5 Å². The van der Waals surface area contributed by atoms with Crippen molar-refractivity contribution >= 4 is 15.7 Å². The maximum absolute atomic E-state index is 12.4. The van der Waals surface area contributed by atoms with Gasteiger partial charge in [0.05, 0.1) is 11.9 Å². The second-order valence-electron chi connectivity index (χ2n) is 4.43. The number of nitrogens with zero attached hydrogens (tertiary/aromatic N) is 1. The lowest BCUT2D eigenvalue weighted by molar-refractivity contribution is 0.174. The van der Waals surface area contributed by atoms with Crippen molar-refractivity contribution in [3.63, 3.8) is 0 Å². The van der Waals surface area contributed by atoms with Gasteiger partial charge in [0, 0.05) is 18.2 Å². The number of benzene rings is 1. The number of anilines is 1. The molecule has 1 aliphatic heterocycles. The molecule has 0 atom stereocenters. The Morgan fingerprint density at radius 3 is 2.95 bits per heavy atom. The fraction of sp³-hybridized carbons (Fsp3) is 0.250. The number of ether oxygens (including phenoxy) is 2. The number of nitrogens with one attached hydrogen (secondary N) is 3. The Kier molecular flexibility index (Phi) is 3.43. The van der Waals surface area contributed by atoms with E-state index in [2.05, 4.69) is 20.2 Å². The molecule has 3 rings (SSSR count). The van der Waals surface area contributed by atoms with Gasteiger partial charge in [0.15, 0.2) is 16.5 Å². The lowest BCUT2D eigenvalue weighted by Gasteiger charge is -2.08. The summed E-state index contributed by atoms with van der Waals surface area (Å²) in [4.78, 5) is 0. The van der Waals surface area contributed by atoms with Gasteiger partial charge in [-0.2, -0.15) is 13.5 Å². The Bertz CT molecular complexity index is 756. The number of hydrogen-bond donors (Lipinski definition) is 3. The van der Waals surface area contributed by atoms with Crippen molar-refractivity contribution in [1.29, 1.82) is 0 Å². The van der Waals surface area contributed by atoms with Crippen molar-refractivity contribution in [2.75, 3.05) is 18.6 Å². The molecule has 1 aliphatic rings. The van der Waals surface area contributed by atoms with Gasteiger partial charge in [0.1, 0.15) is 0 Å². The molecule has 0 aliphatic carbocycles. The summed E-state index contributed by atoms with van der Waals surface area (Å²) in [7, 11) is -2.01. The standard InChI is InChI=1S/C12H14N4O4S/c1-13-5-8-6-14-15-12(8)21(17,18)16-9-2-3-10-11(4-9)20-7-19-10/h2-4,6,13,16H,5,7H2,1H3,(H,14,15). The van der Waals surface area contributed by atoms with Crippen LogP contribution in [-0.2, 0) is 16.6 Å². The number of sulfonamides is 1. The fourth-order valence-electron chi connectivity index (χ4n) is 2.01. The van der Waals surface area contributed by atoms with Gasteiger partial charge in [-0.15, -0.1) is 0 Å². The van der Waals surface area contributed by atoms with Crippen molar-refractivity contribution in [3.05, 3.63) is 30.0 Å². The number of rotatable bonds is 5. The van der Waals surface area contributed by atoms with E-state index < -0.39 is 10.0 Å². The zero-order chi connectivity index (χ0) is 14.9. The van der Waals surface area contributed by atoms with Gasteiger partial charge in [-0.25, -0.2) is 0 Å². The predicted molar refractivity (Wildman–Crippen MR) is 74.7 cm³/mol. The summed E-state index contributed by atoms with van der Waals surface area (Å²) in [5.41, 5.74) is 0.954. The van der Waals surface area contributed by atoms with Gasteiger partial charge in [-0.1, -0.05) is 0 Å². The van der Waals surface area contributed by atoms with Crippen LogP contribution < -0.4 is 19.5 Å². The van der Waals surface area contributed by atoms with E-state index in [0.29, 0.717) is 29.3 Å². The van der Waals surface area contributed by atoms with Crippen molar-refractivity contribution in [3.8, 4) is 11.5 Å². The summed E-state index contributed by atoms with van der Waals surface area (Å²) in [5.74, 6) is 1.10. The Morgan fingerprint density at radius 1 is 1.33 bits per heavy atom. The summed E-state index contributed by atoms with van der Waals surface area (Å²) >= 11 is 0. The molecular formula is C12H14N4O4S. The molecule has 0 spiro atoms. The number of fused-ring (bicyclic) bond motifs is 1. The number of aromatic nitrogens is 2. The normalized spacial score (nSPS) is 13.4. The molecule has 8 nitrogen and oxygen atoms in total. The minimum atomic E-state index is -3.74. The number of hydrogen-bond acceptors (Lipinski definition) is 6. The van der Waals surface area contributed by atoms with Crippen LogP contribution in [0.15, 0.2) is 29.4 Å². The first-order valence-corrected chi connectivity index (χ1v) is 7.68. The molecule has 2 heterocycles. The molecule has 0 fully saturated rings. The third-order valence-electron chi connectivity index (χ3n) is 2.94. The summed E-state index contributed by atoms with van der Waals surface area (Å²) in [6.45, 7) is 0.534. The van der Waals surface area contributed by atoms with E-state index in [1.165, 1.54) is 6.20 Å². The van der Waals surface area contributed by atoms with Crippen LogP contribution in [0, 0.1) is 0 Å². The van der Waals surface area contributed by atoms with Gasteiger partial charge >= 0.3 is 0 Å². The molecule has 1 aromatic carbocycles. The number of aromatic amines is 1. The van der Waals surface area contributed by atoms with E-state index in [-0.39, 0.29) is 11.8 Å². The Labute approximate surface area is 121 Å². The van der Waals surface area contributed by atoms with Crippen molar-refractivity contribution in [2.45, 2.75) is 11.6 Å². The molecule has 0 amide bonds. The minimum Gasteiger partial charge on any atom is -0.454 e. The van der Waals surface area contributed by atoms with Gasteiger partial charge in [0.2, 0.25) is 6.79 Å². The smallest absolute Gasteiger partial charge is 0.279 e. The first-order valence-electron chi connectivity index (χ1n) is 6.19. The van der Waals surface area contributed by atoms with Crippen molar-refractivity contribution in [1.82, 2.24) is 15.5 Å².